The third-order valence-electron chi connectivity index (χ3n) is 3.30. The van der Waals surface area contributed by atoms with E-state index in [9.17, 15) is 4.79 Å². The Morgan fingerprint density at radius 3 is 2.76 bits per heavy atom. The fraction of sp³-hybridized carbons (Fsp3) is 0.667. The first-order chi connectivity index (χ1) is 8.20. The van der Waals surface area contributed by atoms with Crippen LogP contribution < -0.4 is 10.5 Å². The van der Waals surface area contributed by atoms with E-state index in [1.165, 1.54) is 17.5 Å². The van der Waals surface area contributed by atoms with Gasteiger partial charge in [-0.05, 0) is 18.8 Å². The molecule has 1 aromatic rings. The summed E-state index contributed by atoms with van der Waals surface area (Å²) in [4.78, 5) is 14.0. The first-order valence-electron chi connectivity index (χ1n) is 6.09. The highest BCUT2D eigenvalue weighted by molar-refractivity contribution is 9.09. The van der Waals surface area contributed by atoms with Crippen molar-refractivity contribution in [3.63, 3.8) is 0 Å². The van der Waals surface area contributed by atoms with E-state index < -0.39 is 0 Å². The maximum atomic E-state index is 11.8. The van der Waals surface area contributed by atoms with Gasteiger partial charge in [0.2, 0.25) is 0 Å². The molecule has 0 aromatic carbocycles. The zero-order valence-corrected chi connectivity index (χ0v) is 11.7. The minimum atomic E-state index is -0.0134. The Hall–Kier alpha value is -0.840. The molecule has 0 unspecified atom stereocenters. The lowest BCUT2D eigenvalue weighted by molar-refractivity contribution is 0.437. The molecular formula is C12H18BrN3O. The van der Waals surface area contributed by atoms with Crippen LogP contribution in [0.4, 0.5) is 5.69 Å². The SMILES string of the molecule is CC1CCN(c2cnn(CCBr)c(=O)c2)CC1. The van der Waals surface area contributed by atoms with Gasteiger partial charge in [-0.25, -0.2) is 4.68 Å². The van der Waals surface area contributed by atoms with Crippen LogP contribution in [0.2, 0.25) is 0 Å². The second kappa shape index (κ2) is 5.67. The van der Waals surface area contributed by atoms with Crippen LogP contribution in [-0.2, 0) is 6.54 Å². The average molecular weight is 300 g/mol. The number of aryl methyl sites for hydroxylation is 1. The van der Waals surface area contributed by atoms with Gasteiger partial charge in [-0.15, -0.1) is 0 Å². The molecule has 5 heteroatoms. The molecule has 0 N–H and O–H groups in total. The van der Waals surface area contributed by atoms with Gasteiger partial charge in [-0.2, -0.15) is 5.10 Å². The van der Waals surface area contributed by atoms with Crippen molar-refractivity contribution in [3.05, 3.63) is 22.6 Å². The number of hydrogen-bond acceptors (Lipinski definition) is 3. The maximum absolute atomic E-state index is 11.8. The number of aromatic nitrogens is 2. The van der Waals surface area contributed by atoms with E-state index in [4.69, 9.17) is 0 Å². The standard InChI is InChI=1S/C12H18BrN3O/c1-10-2-5-15(6-3-10)11-8-12(17)16(7-4-13)14-9-11/h8-10H,2-7H2,1H3. The maximum Gasteiger partial charge on any atom is 0.268 e. The molecule has 0 atom stereocenters. The monoisotopic (exact) mass is 299 g/mol. The van der Waals surface area contributed by atoms with Gasteiger partial charge < -0.3 is 4.90 Å². The molecule has 1 aromatic heterocycles. The van der Waals surface area contributed by atoms with Gasteiger partial charge in [0.15, 0.2) is 0 Å². The van der Waals surface area contributed by atoms with Crippen molar-refractivity contribution in [2.75, 3.05) is 23.3 Å². The summed E-state index contributed by atoms with van der Waals surface area (Å²) < 4.78 is 1.49. The van der Waals surface area contributed by atoms with Crippen LogP contribution >= 0.6 is 15.9 Å². The minimum absolute atomic E-state index is 0.0134. The Balaban J connectivity index is 2.12. The van der Waals surface area contributed by atoms with Crippen LogP contribution in [0.1, 0.15) is 19.8 Å². The number of anilines is 1. The highest BCUT2D eigenvalue weighted by Crippen LogP contribution is 2.20. The van der Waals surface area contributed by atoms with Gasteiger partial charge in [-0.1, -0.05) is 22.9 Å². The number of nitrogens with zero attached hydrogens (tertiary/aromatic N) is 3. The topological polar surface area (TPSA) is 38.1 Å². The van der Waals surface area contributed by atoms with Crippen molar-refractivity contribution in [1.82, 2.24) is 9.78 Å². The highest BCUT2D eigenvalue weighted by atomic mass is 79.9. The molecule has 1 fully saturated rings. The van der Waals surface area contributed by atoms with Crippen LogP contribution in [0.3, 0.4) is 0 Å². The average Bonchev–Trinajstić information content (AvgIpc) is 2.33. The van der Waals surface area contributed by atoms with E-state index in [2.05, 4.69) is 32.9 Å². The van der Waals surface area contributed by atoms with Crippen LogP contribution in [0.15, 0.2) is 17.1 Å². The largest absolute Gasteiger partial charge is 0.370 e. The van der Waals surface area contributed by atoms with Crippen molar-refractivity contribution >= 4 is 21.6 Å². The van der Waals surface area contributed by atoms with Gasteiger partial charge in [0, 0.05) is 24.5 Å². The minimum Gasteiger partial charge on any atom is -0.370 e. The van der Waals surface area contributed by atoms with Crippen molar-refractivity contribution < 1.29 is 0 Å². The molecule has 0 radical (unpaired) electrons. The third-order valence-corrected chi connectivity index (χ3v) is 3.65. The number of hydrogen-bond donors (Lipinski definition) is 0. The molecule has 1 saturated heterocycles. The molecule has 0 amide bonds. The molecule has 2 heterocycles. The van der Waals surface area contributed by atoms with E-state index in [1.54, 1.807) is 12.3 Å². The van der Waals surface area contributed by atoms with Crippen LogP contribution in [0, 0.1) is 5.92 Å². The van der Waals surface area contributed by atoms with Crippen LogP contribution in [-0.4, -0.2) is 28.2 Å². The Labute approximate surface area is 110 Å². The summed E-state index contributed by atoms with van der Waals surface area (Å²) >= 11 is 3.31. The van der Waals surface area contributed by atoms with E-state index in [0.29, 0.717) is 6.54 Å². The second-order valence-electron chi connectivity index (χ2n) is 4.63. The van der Waals surface area contributed by atoms with Crippen molar-refractivity contribution in [1.29, 1.82) is 0 Å². The number of halogens is 1. The quantitative estimate of drug-likeness (QED) is 0.800. The predicted octanol–water partition coefficient (Wildman–Crippen LogP) is 1.87. The van der Waals surface area contributed by atoms with Crippen molar-refractivity contribution in [2.24, 2.45) is 5.92 Å². The molecule has 1 aliphatic heterocycles. The lowest BCUT2D eigenvalue weighted by Crippen LogP contribution is -2.34. The predicted molar refractivity (Wildman–Crippen MR) is 72.9 cm³/mol. The van der Waals surface area contributed by atoms with Crippen molar-refractivity contribution in [2.45, 2.75) is 26.3 Å². The molecular weight excluding hydrogens is 282 g/mol. The second-order valence-corrected chi connectivity index (χ2v) is 5.43. The summed E-state index contributed by atoms with van der Waals surface area (Å²) in [5.74, 6) is 0.799. The molecule has 0 bridgehead atoms. The lowest BCUT2D eigenvalue weighted by atomic mass is 9.99. The fourth-order valence-electron chi connectivity index (χ4n) is 2.11. The first kappa shape index (κ1) is 12.6. The number of rotatable bonds is 3. The van der Waals surface area contributed by atoms with Crippen LogP contribution in [0.25, 0.3) is 0 Å². The zero-order chi connectivity index (χ0) is 12.3. The summed E-state index contributed by atoms with van der Waals surface area (Å²) in [6, 6.07) is 1.70. The molecule has 2 rings (SSSR count). The first-order valence-corrected chi connectivity index (χ1v) is 7.21. The molecule has 94 valence electrons. The van der Waals surface area contributed by atoms with E-state index >= 15 is 0 Å². The molecule has 17 heavy (non-hydrogen) atoms. The van der Waals surface area contributed by atoms with Crippen LogP contribution in [0.5, 0.6) is 0 Å². The molecule has 1 aliphatic rings. The summed E-state index contributed by atoms with van der Waals surface area (Å²) in [6.45, 7) is 4.97. The van der Waals surface area contributed by atoms with Gasteiger partial charge >= 0.3 is 0 Å². The number of alkyl halides is 1. The summed E-state index contributed by atoms with van der Waals surface area (Å²) in [5, 5.41) is 4.95. The molecule has 0 spiro atoms. The highest BCUT2D eigenvalue weighted by Gasteiger charge is 2.16. The van der Waals surface area contributed by atoms with Crippen molar-refractivity contribution in [3.8, 4) is 0 Å². The lowest BCUT2D eigenvalue weighted by Gasteiger charge is -2.31. The molecule has 4 nitrogen and oxygen atoms in total. The van der Waals surface area contributed by atoms with Gasteiger partial charge in [0.1, 0.15) is 0 Å². The van der Waals surface area contributed by atoms with Gasteiger partial charge in [0.25, 0.3) is 5.56 Å². The van der Waals surface area contributed by atoms with E-state index in [0.717, 1.165) is 30.0 Å². The fourth-order valence-corrected chi connectivity index (χ4v) is 2.45. The Bertz CT molecular complexity index is 424. The smallest absolute Gasteiger partial charge is 0.268 e. The number of piperidine rings is 1. The normalized spacial score (nSPS) is 17.4. The van der Waals surface area contributed by atoms with Gasteiger partial charge in [-0.3, -0.25) is 4.79 Å². The Morgan fingerprint density at radius 1 is 1.47 bits per heavy atom. The third kappa shape index (κ3) is 3.09. The summed E-state index contributed by atoms with van der Waals surface area (Å²) in [6.07, 6.45) is 4.20. The summed E-state index contributed by atoms with van der Waals surface area (Å²) in [5.41, 5.74) is 0.952. The zero-order valence-electron chi connectivity index (χ0n) is 10.1. The Kier molecular flexibility index (Phi) is 4.20. The van der Waals surface area contributed by atoms with Gasteiger partial charge in [0.05, 0.1) is 18.4 Å². The Morgan fingerprint density at radius 2 is 2.18 bits per heavy atom. The summed E-state index contributed by atoms with van der Waals surface area (Å²) in [7, 11) is 0. The molecule has 0 saturated carbocycles. The molecule has 0 aliphatic carbocycles. The van der Waals surface area contributed by atoms with E-state index in [-0.39, 0.29) is 5.56 Å². The van der Waals surface area contributed by atoms with E-state index in [1.807, 2.05) is 0 Å².